The molecule has 0 saturated carbocycles. The molecule has 0 bridgehead atoms. The average molecular weight is 447 g/mol. The summed E-state index contributed by atoms with van der Waals surface area (Å²) >= 11 is 0. The summed E-state index contributed by atoms with van der Waals surface area (Å²) in [6, 6.07) is 23.3. The molecule has 2 N–H and O–H groups in total. The van der Waals surface area contributed by atoms with Crippen LogP contribution in [0.5, 0.6) is 0 Å². The van der Waals surface area contributed by atoms with Crippen molar-refractivity contribution in [3.8, 4) is 11.1 Å². The lowest BCUT2D eigenvalue weighted by atomic mass is 10.0. The number of nitrogens with one attached hydrogen (secondary N) is 2. The van der Waals surface area contributed by atoms with Gasteiger partial charge in [0.05, 0.1) is 23.4 Å². The van der Waals surface area contributed by atoms with Gasteiger partial charge in [-0.2, -0.15) is 5.10 Å². The largest absolute Gasteiger partial charge is 0.308 e. The second-order valence-electron chi connectivity index (χ2n) is 7.83. The van der Waals surface area contributed by atoms with Crippen LogP contribution in [0.1, 0.15) is 12.0 Å². The van der Waals surface area contributed by atoms with E-state index in [9.17, 15) is 13.2 Å². The highest BCUT2D eigenvalue weighted by molar-refractivity contribution is 7.93. The minimum atomic E-state index is -3.28. The van der Waals surface area contributed by atoms with Crippen molar-refractivity contribution in [2.45, 2.75) is 12.8 Å². The molecule has 1 saturated heterocycles. The Labute approximate surface area is 186 Å². The third-order valence-corrected chi connectivity index (χ3v) is 7.49. The molecule has 5 rings (SSSR count). The number of hydrogen-bond acceptors (Lipinski definition) is 4. The molecule has 0 unspecified atom stereocenters. The van der Waals surface area contributed by atoms with E-state index in [1.54, 1.807) is 18.2 Å². The van der Waals surface area contributed by atoms with Crippen molar-refractivity contribution in [3.05, 3.63) is 78.4 Å². The molecular weight excluding hydrogens is 424 g/mol. The van der Waals surface area contributed by atoms with Crippen LogP contribution in [0.25, 0.3) is 22.0 Å². The summed E-state index contributed by atoms with van der Waals surface area (Å²) in [5.41, 5.74) is 4.43. The number of fused-ring (bicyclic) bond motifs is 1. The number of carbonyl (C=O) groups excluding carboxylic acids is 1. The monoisotopic (exact) mass is 446 g/mol. The van der Waals surface area contributed by atoms with Gasteiger partial charge in [-0.15, -0.1) is 0 Å². The third kappa shape index (κ3) is 3.97. The molecule has 0 radical (unpaired) electrons. The Balaban J connectivity index is 1.32. The number of aromatic amines is 1. The number of carbonyl (C=O) groups is 1. The number of rotatable bonds is 5. The highest BCUT2D eigenvalue weighted by Gasteiger charge is 2.28. The Morgan fingerprint density at radius 3 is 2.47 bits per heavy atom. The predicted molar refractivity (Wildman–Crippen MR) is 126 cm³/mol. The number of hydrogen-bond donors (Lipinski definition) is 2. The molecule has 3 aromatic carbocycles. The fourth-order valence-electron chi connectivity index (χ4n) is 3.99. The first-order valence-corrected chi connectivity index (χ1v) is 12.0. The number of H-pyrrole nitrogens is 1. The molecular formula is C24H22N4O3S. The Morgan fingerprint density at radius 2 is 1.75 bits per heavy atom. The molecule has 1 aromatic heterocycles. The van der Waals surface area contributed by atoms with Gasteiger partial charge in [0.1, 0.15) is 0 Å². The smallest absolute Gasteiger partial charge is 0.235 e. The first-order valence-electron chi connectivity index (χ1n) is 10.4. The highest BCUT2D eigenvalue weighted by atomic mass is 32.2. The van der Waals surface area contributed by atoms with E-state index in [1.165, 1.54) is 4.31 Å². The van der Waals surface area contributed by atoms with Gasteiger partial charge in [-0.1, -0.05) is 54.6 Å². The highest BCUT2D eigenvalue weighted by Crippen LogP contribution is 2.30. The van der Waals surface area contributed by atoms with E-state index in [2.05, 4.69) is 15.5 Å². The van der Waals surface area contributed by atoms with Crippen molar-refractivity contribution in [2.24, 2.45) is 0 Å². The summed E-state index contributed by atoms with van der Waals surface area (Å²) in [6.07, 6.45) is 0.821. The normalized spacial score (nSPS) is 15.2. The molecule has 2 heterocycles. The summed E-state index contributed by atoms with van der Waals surface area (Å²) in [4.78, 5) is 12.7. The van der Waals surface area contributed by atoms with E-state index in [1.807, 2.05) is 54.6 Å². The maximum atomic E-state index is 12.7. The molecule has 32 heavy (non-hydrogen) atoms. The maximum Gasteiger partial charge on any atom is 0.235 e. The zero-order chi connectivity index (χ0) is 22.1. The fraction of sp³-hybridized carbons (Fsp3) is 0.167. The quantitative estimate of drug-likeness (QED) is 0.485. The molecule has 7 nitrogen and oxygen atoms in total. The summed E-state index contributed by atoms with van der Waals surface area (Å²) in [6.45, 7) is 0.465. The van der Waals surface area contributed by atoms with E-state index < -0.39 is 10.0 Å². The third-order valence-electron chi connectivity index (χ3n) is 5.62. The molecule has 8 heteroatoms. The predicted octanol–water partition coefficient (Wildman–Crippen LogP) is 3.95. The van der Waals surface area contributed by atoms with Crippen molar-refractivity contribution in [2.75, 3.05) is 21.9 Å². The van der Waals surface area contributed by atoms with Crippen LogP contribution >= 0.6 is 0 Å². The van der Waals surface area contributed by atoms with Crippen molar-refractivity contribution in [1.82, 2.24) is 10.2 Å². The molecule has 1 aliphatic rings. The van der Waals surface area contributed by atoms with Gasteiger partial charge in [0.15, 0.2) is 5.82 Å². The van der Waals surface area contributed by atoms with Gasteiger partial charge >= 0.3 is 0 Å². The minimum absolute atomic E-state index is 0.156. The molecule has 0 atom stereocenters. The summed E-state index contributed by atoms with van der Waals surface area (Å²) in [5, 5.41) is 10.6. The van der Waals surface area contributed by atoms with Gasteiger partial charge < -0.3 is 5.32 Å². The van der Waals surface area contributed by atoms with Crippen molar-refractivity contribution < 1.29 is 13.2 Å². The van der Waals surface area contributed by atoms with E-state index in [0.29, 0.717) is 29.9 Å². The van der Waals surface area contributed by atoms with Gasteiger partial charge in [-0.3, -0.25) is 14.2 Å². The lowest BCUT2D eigenvalue weighted by Gasteiger charge is -2.16. The van der Waals surface area contributed by atoms with Gasteiger partial charge in [-0.05, 0) is 41.3 Å². The Morgan fingerprint density at radius 1 is 1.00 bits per heavy atom. The van der Waals surface area contributed by atoms with E-state index in [0.717, 1.165) is 22.2 Å². The summed E-state index contributed by atoms with van der Waals surface area (Å²) in [5.74, 6) is 0.359. The van der Waals surface area contributed by atoms with Crippen molar-refractivity contribution >= 4 is 38.3 Å². The first kappa shape index (κ1) is 20.3. The minimum Gasteiger partial charge on any atom is -0.308 e. The Kier molecular flexibility index (Phi) is 5.14. The molecule has 0 aliphatic carbocycles. The topological polar surface area (TPSA) is 95.2 Å². The second-order valence-corrected chi connectivity index (χ2v) is 9.84. The zero-order valence-electron chi connectivity index (χ0n) is 17.3. The van der Waals surface area contributed by atoms with Crippen LogP contribution in [0.15, 0.2) is 72.8 Å². The maximum absolute atomic E-state index is 12.7. The molecule has 1 fully saturated rings. The van der Waals surface area contributed by atoms with Gasteiger partial charge in [0, 0.05) is 11.9 Å². The van der Waals surface area contributed by atoms with Crippen molar-refractivity contribution in [1.29, 1.82) is 0 Å². The van der Waals surface area contributed by atoms with Gasteiger partial charge in [0.25, 0.3) is 0 Å². The SMILES string of the molecule is O=C(Cc1ccc(-c2ccccc2)cc1)Nc1n[nH]c2ccc(N3CCCS3(=O)=O)cc12. The Bertz CT molecular complexity index is 1380. The van der Waals surface area contributed by atoms with E-state index >= 15 is 0 Å². The van der Waals surface area contributed by atoms with Gasteiger partial charge in [0.2, 0.25) is 15.9 Å². The van der Waals surface area contributed by atoms with Crippen LogP contribution in [0, 0.1) is 0 Å². The molecule has 1 amide bonds. The van der Waals surface area contributed by atoms with Crippen LogP contribution < -0.4 is 9.62 Å². The van der Waals surface area contributed by atoms with Crippen LogP contribution in [0.2, 0.25) is 0 Å². The van der Waals surface area contributed by atoms with E-state index in [4.69, 9.17) is 0 Å². The second kappa shape index (κ2) is 8.12. The molecule has 4 aromatic rings. The number of benzene rings is 3. The van der Waals surface area contributed by atoms with Gasteiger partial charge in [-0.25, -0.2) is 8.42 Å². The number of amides is 1. The zero-order valence-corrected chi connectivity index (χ0v) is 18.1. The molecule has 162 valence electrons. The number of sulfonamides is 1. The molecule has 1 aliphatic heterocycles. The molecule has 0 spiro atoms. The van der Waals surface area contributed by atoms with E-state index in [-0.39, 0.29) is 18.1 Å². The lowest BCUT2D eigenvalue weighted by Crippen LogP contribution is -2.24. The average Bonchev–Trinajstić information content (AvgIpc) is 3.36. The van der Waals surface area contributed by atoms with Crippen LogP contribution in [0.3, 0.4) is 0 Å². The first-order chi connectivity index (χ1) is 15.5. The standard InChI is InChI=1S/C24H22N4O3S/c29-23(15-17-7-9-19(10-8-17)18-5-2-1-3-6-18)25-24-21-16-20(11-12-22(21)26-27-24)28-13-4-14-32(28,30)31/h1-3,5-12,16H,4,13-15H2,(H2,25,26,27,29). The van der Waals surface area contributed by atoms with Crippen LogP contribution in [0.4, 0.5) is 11.5 Å². The Hall–Kier alpha value is -3.65. The fourth-order valence-corrected chi connectivity index (χ4v) is 5.55. The van der Waals surface area contributed by atoms with Crippen LogP contribution in [-0.4, -0.2) is 36.8 Å². The lowest BCUT2D eigenvalue weighted by molar-refractivity contribution is -0.115. The number of aromatic nitrogens is 2. The van der Waals surface area contributed by atoms with Crippen molar-refractivity contribution in [3.63, 3.8) is 0 Å². The summed E-state index contributed by atoms with van der Waals surface area (Å²) in [7, 11) is -3.28. The number of nitrogens with zero attached hydrogens (tertiary/aromatic N) is 2. The van der Waals surface area contributed by atoms with Crippen LogP contribution in [-0.2, 0) is 21.2 Å². The number of anilines is 2. The summed E-state index contributed by atoms with van der Waals surface area (Å²) < 4.78 is 25.9.